The number of unbranched alkanes of at least 4 members (excludes halogenated alkanes) is 1. The highest BCUT2D eigenvalue weighted by molar-refractivity contribution is 6.32. The summed E-state index contributed by atoms with van der Waals surface area (Å²) >= 11 is 6.32. The number of nitrogens with zero attached hydrogens (tertiary/aromatic N) is 5. The molecule has 1 aromatic carbocycles. The first kappa shape index (κ1) is 24.3. The molecular weight excluding hydrogens is 426 g/mol. The minimum atomic E-state index is 0.407. The summed E-state index contributed by atoms with van der Waals surface area (Å²) in [6.45, 7) is 8.25. The van der Waals surface area contributed by atoms with Crippen LogP contribution in [-0.2, 0) is 0 Å². The van der Waals surface area contributed by atoms with E-state index in [2.05, 4.69) is 41.3 Å². The molecule has 0 radical (unpaired) electrons. The van der Waals surface area contributed by atoms with Gasteiger partial charge >= 0.3 is 0 Å². The number of rotatable bonds is 11. The summed E-state index contributed by atoms with van der Waals surface area (Å²) in [6.07, 6.45) is 5.40. The summed E-state index contributed by atoms with van der Waals surface area (Å²) in [5.41, 5.74) is 0.805. The highest BCUT2D eigenvalue weighted by Gasteiger charge is 2.22. The molecular formula is C23H36ClN7O. The minimum absolute atomic E-state index is 0.407. The van der Waals surface area contributed by atoms with Crippen molar-refractivity contribution < 1.29 is 4.74 Å². The van der Waals surface area contributed by atoms with E-state index in [4.69, 9.17) is 31.3 Å². The van der Waals surface area contributed by atoms with Gasteiger partial charge in [-0.25, -0.2) is 0 Å². The van der Waals surface area contributed by atoms with Gasteiger partial charge in [0.1, 0.15) is 5.75 Å². The predicted octanol–water partition coefficient (Wildman–Crippen LogP) is 4.48. The van der Waals surface area contributed by atoms with Crippen LogP contribution in [0.5, 0.6) is 5.75 Å². The second kappa shape index (κ2) is 12.1. The largest absolute Gasteiger partial charge is 0.495 e. The maximum absolute atomic E-state index is 6.32. The van der Waals surface area contributed by atoms with E-state index in [9.17, 15) is 0 Å². The van der Waals surface area contributed by atoms with E-state index < -0.39 is 0 Å². The number of hydrogen-bond acceptors (Lipinski definition) is 8. The lowest BCUT2D eigenvalue weighted by Crippen LogP contribution is -2.42. The van der Waals surface area contributed by atoms with E-state index in [1.807, 2.05) is 18.2 Å². The summed E-state index contributed by atoms with van der Waals surface area (Å²) in [4.78, 5) is 18.9. The monoisotopic (exact) mass is 461 g/mol. The Morgan fingerprint density at radius 2 is 1.84 bits per heavy atom. The molecule has 0 spiro atoms. The molecule has 0 bridgehead atoms. The molecule has 0 saturated carbocycles. The third-order valence-corrected chi connectivity index (χ3v) is 6.04. The molecule has 1 fully saturated rings. The first-order valence-electron chi connectivity index (χ1n) is 11.6. The third-order valence-electron chi connectivity index (χ3n) is 5.75. The molecule has 0 amide bonds. The fourth-order valence-corrected chi connectivity index (χ4v) is 4.13. The van der Waals surface area contributed by atoms with Crippen molar-refractivity contribution in [2.45, 2.75) is 52.0 Å². The normalized spacial score (nSPS) is 14.3. The Labute approximate surface area is 196 Å². The lowest BCUT2D eigenvalue weighted by Gasteiger charge is -2.32. The zero-order valence-electron chi connectivity index (χ0n) is 19.7. The molecule has 0 atom stereocenters. The standard InChI is InChI=1S/C23H36ClN7O/c1-5-7-15-31(14-6-2)23-28-21(26-17-8-9-20(32-4)19(24)16-17)27-22(29-23)30(3)18-10-12-25-13-11-18/h8-9,16,18,25H,5-7,10-15H2,1-4H3,(H,26,27,28,29). The van der Waals surface area contributed by atoms with Gasteiger partial charge in [-0.1, -0.05) is 31.9 Å². The highest BCUT2D eigenvalue weighted by Crippen LogP contribution is 2.29. The number of nitrogens with one attached hydrogen (secondary N) is 2. The maximum atomic E-state index is 6.32. The number of ether oxygens (including phenoxy) is 1. The SMILES string of the molecule is CCCCN(CCC)c1nc(Nc2ccc(OC)c(Cl)c2)nc(N(C)C2CCNCC2)n1. The number of piperidine rings is 1. The van der Waals surface area contributed by atoms with Gasteiger partial charge in [-0.2, -0.15) is 15.0 Å². The molecule has 1 aliphatic rings. The van der Waals surface area contributed by atoms with Crippen LogP contribution >= 0.6 is 11.6 Å². The zero-order valence-corrected chi connectivity index (χ0v) is 20.5. The van der Waals surface area contributed by atoms with Crippen molar-refractivity contribution >= 4 is 35.1 Å². The smallest absolute Gasteiger partial charge is 0.233 e. The van der Waals surface area contributed by atoms with Crippen molar-refractivity contribution in [3.05, 3.63) is 23.2 Å². The Balaban J connectivity index is 1.93. The summed E-state index contributed by atoms with van der Waals surface area (Å²) in [5.74, 6) is 2.56. The molecule has 0 unspecified atom stereocenters. The van der Waals surface area contributed by atoms with Gasteiger partial charge in [0.25, 0.3) is 0 Å². The lowest BCUT2D eigenvalue weighted by atomic mass is 10.1. The number of benzene rings is 1. The zero-order chi connectivity index (χ0) is 22.9. The van der Waals surface area contributed by atoms with Crippen LogP contribution in [-0.4, -0.2) is 61.3 Å². The van der Waals surface area contributed by atoms with E-state index in [1.165, 1.54) is 0 Å². The van der Waals surface area contributed by atoms with E-state index in [1.54, 1.807) is 7.11 Å². The molecule has 1 saturated heterocycles. The maximum Gasteiger partial charge on any atom is 0.233 e. The molecule has 1 aliphatic heterocycles. The summed E-state index contributed by atoms with van der Waals surface area (Å²) < 4.78 is 5.26. The second-order valence-electron chi connectivity index (χ2n) is 8.17. The molecule has 176 valence electrons. The first-order chi connectivity index (χ1) is 15.5. The summed E-state index contributed by atoms with van der Waals surface area (Å²) in [7, 11) is 3.69. The Morgan fingerprint density at radius 1 is 1.09 bits per heavy atom. The van der Waals surface area contributed by atoms with E-state index in [0.29, 0.717) is 34.7 Å². The first-order valence-corrected chi connectivity index (χ1v) is 12.0. The van der Waals surface area contributed by atoms with Gasteiger partial charge in [0.2, 0.25) is 17.8 Å². The molecule has 1 aromatic heterocycles. The second-order valence-corrected chi connectivity index (χ2v) is 8.57. The van der Waals surface area contributed by atoms with Crippen LogP contribution in [0.25, 0.3) is 0 Å². The van der Waals surface area contributed by atoms with Gasteiger partial charge in [-0.15, -0.1) is 0 Å². The predicted molar refractivity (Wildman–Crippen MR) is 133 cm³/mol. The Kier molecular flexibility index (Phi) is 9.17. The molecule has 8 nitrogen and oxygen atoms in total. The minimum Gasteiger partial charge on any atom is -0.495 e. The van der Waals surface area contributed by atoms with Gasteiger partial charge in [-0.05, 0) is 57.0 Å². The molecule has 2 aromatic rings. The van der Waals surface area contributed by atoms with Gasteiger partial charge in [0.05, 0.1) is 12.1 Å². The average Bonchev–Trinajstić information content (AvgIpc) is 2.81. The molecule has 0 aliphatic carbocycles. The number of hydrogen-bond donors (Lipinski definition) is 2. The van der Waals surface area contributed by atoms with Crippen LogP contribution in [0.1, 0.15) is 46.0 Å². The fourth-order valence-electron chi connectivity index (χ4n) is 3.87. The quantitative estimate of drug-likeness (QED) is 0.507. The van der Waals surface area contributed by atoms with Crippen LogP contribution in [0.15, 0.2) is 18.2 Å². The number of anilines is 4. The Morgan fingerprint density at radius 3 is 2.50 bits per heavy atom. The number of aromatic nitrogens is 3. The van der Waals surface area contributed by atoms with E-state index in [-0.39, 0.29) is 0 Å². The molecule has 2 heterocycles. The van der Waals surface area contributed by atoms with Crippen molar-refractivity contribution in [2.24, 2.45) is 0 Å². The van der Waals surface area contributed by atoms with Crippen molar-refractivity contribution in [3.63, 3.8) is 0 Å². The Hall–Kier alpha value is -2.32. The number of halogens is 1. The molecule has 3 rings (SSSR count). The van der Waals surface area contributed by atoms with Crippen molar-refractivity contribution in [2.75, 3.05) is 55.5 Å². The van der Waals surface area contributed by atoms with Gasteiger partial charge in [0, 0.05) is 31.9 Å². The summed E-state index contributed by atoms with van der Waals surface area (Å²) in [6, 6.07) is 5.97. The van der Waals surface area contributed by atoms with Crippen LogP contribution in [0.4, 0.5) is 23.5 Å². The molecule has 9 heteroatoms. The van der Waals surface area contributed by atoms with Crippen molar-refractivity contribution in [1.82, 2.24) is 20.3 Å². The van der Waals surface area contributed by atoms with E-state index >= 15 is 0 Å². The highest BCUT2D eigenvalue weighted by atomic mass is 35.5. The molecule has 32 heavy (non-hydrogen) atoms. The van der Waals surface area contributed by atoms with E-state index in [0.717, 1.165) is 64.0 Å². The summed E-state index contributed by atoms with van der Waals surface area (Å²) in [5, 5.41) is 7.28. The molecule has 2 N–H and O–H groups in total. The third kappa shape index (κ3) is 6.36. The van der Waals surface area contributed by atoms with Gasteiger partial charge < -0.3 is 25.2 Å². The topological polar surface area (TPSA) is 78.4 Å². The van der Waals surface area contributed by atoms with Crippen LogP contribution in [0.3, 0.4) is 0 Å². The van der Waals surface area contributed by atoms with Crippen LogP contribution in [0, 0.1) is 0 Å². The lowest BCUT2D eigenvalue weighted by molar-refractivity contribution is 0.415. The number of methoxy groups -OCH3 is 1. The Bertz CT molecular complexity index is 840. The van der Waals surface area contributed by atoms with Gasteiger partial charge in [-0.3, -0.25) is 0 Å². The van der Waals surface area contributed by atoms with Crippen molar-refractivity contribution in [1.29, 1.82) is 0 Å². The van der Waals surface area contributed by atoms with Crippen LogP contribution < -0.4 is 25.2 Å². The van der Waals surface area contributed by atoms with Crippen molar-refractivity contribution in [3.8, 4) is 5.75 Å². The fraction of sp³-hybridized carbons (Fsp3) is 0.609. The van der Waals surface area contributed by atoms with Crippen LogP contribution in [0.2, 0.25) is 5.02 Å². The van der Waals surface area contributed by atoms with Gasteiger partial charge in [0.15, 0.2) is 0 Å². The average molecular weight is 462 g/mol.